The Morgan fingerprint density at radius 3 is 2.27 bits per heavy atom. The molecule has 2 saturated heterocycles. The number of carbonyl (C=O) groups excluding carboxylic acids is 2. The monoisotopic (exact) mass is 459 g/mol. The number of piperidine rings is 1. The van der Waals surface area contributed by atoms with Crippen molar-refractivity contribution in [2.75, 3.05) is 19.6 Å². The zero-order valence-corrected chi connectivity index (χ0v) is 21.1. The van der Waals surface area contributed by atoms with Crippen molar-refractivity contribution in [3.63, 3.8) is 0 Å². The van der Waals surface area contributed by atoms with Gasteiger partial charge in [0.05, 0.1) is 17.6 Å². The summed E-state index contributed by atoms with van der Waals surface area (Å²) in [6, 6.07) is 3.79. The summed E-state index contributed by atoms with van der Waals surface area (Å²) in [7, 11) is -0.458. The van der Waals surface area contributed by atoms with Crippen LogP contribution in [0.2, 0.25) is 0 Å². The average Bonchev–Trinajstić information content (AvgIpc) is 2.93. The Labute approximate surface area is 197 Å². The zero-order valence-electron chi connectivity index (χ0n) is 21.1. The van der Waals surface area contributed by atoms with Crippen LogP contribution < -0.4 is 10.8 Å². The smallest absolute Gasteiger partial charge is 0.444 e. The van der Waals surface area contributed by atoms with Crippen LogP contribution in [0.4, 0.5) is 4.79 Å². The van der Waals surface area contributed by atoms with E-state index in [1.54, 1.807) is 6.20 Å². The van der Waals surface area contributed by atoms with E-state index in [-0.39, 0.29) is 12.3 Å². The molecule has 1 N–H and O–H groups in total. The third-order valence-electron chi connectivity index (χ3n) is 6.61. The Bertz CT molecular complexity index is 827. The van der Waals surface area contributed by atoms with E-state index in [1.807, 2.05) is 65.5 Å². The molecule has 3 heterocycles. The number of rotatable bonds is 5. The van der Waals surface area contributed by atoms with Gasteiger partial charge in [0.2, 0.25) is 5.91 Å². The van der Waals surface area contributed by atoms with Gasteiger partial charge < -0.3 is 24.3 Å². The Hall–Kier alpha value is -2.13. The number of aromatic nitrogens is 1. The van der Waals surface area contributed by atoms with Crippen LogP contribution in [0.3, 0.4) is 0 Å². The quantitative estimate of drug-likeness (QED) is 0.682. The first-order chi connectivity index (χ1) is 15.3. The highest BCUT2D eigenvalue weighted by Crippen LogP contribution is 2.36. The van der Waals surface area contributed by atoms with Crippen molar-refractivity contribution in [3.8, 4) is 0 Å². The summed E-state index contributed by atoms with van der Waals surface area (Å²) in [4.78, 5) is 30.9. The maximum atomic E-state index is 12.8. The first-order valence-electron chi connectivity index (χ1n) is 11.8. The van der Waals surface area contributed by atoms with Gasteiger partial charge in [-0.2, -0.15) is 0 Å². The second kappa shape index (κ2) is 9.62. The van der Waals surface area contributed by atoms with Gasteiger partial charge >= 0.3 is 13.2 Å². The number of alkyl carbamates (subject to hydrolysis) is 1. The van der Waals surface area contributed by atoms with Gasteiger partial charge in [0.1, 0.15) is 5.60 Å². The topological polar surface area (TPSA) is 90.0 Å². The Balaban J connectivity index is 1.44. The predicted molar refractivity (Wildman–Crippen MR) is 127 cm³/mol. The summed E-state index contributed by atoms with van der Waals surface area (Å²) in [6.07, 6.45) is 3.33. The number of nitrogens with one attached hydrogen (secondary N) is 1. The minimum Gasteiger partial charge on any atom is -0.444 e. The lowest BCUT2D eigenvalue weighted by Crippen LogP contribution is -2.43. The van der Waals surface area contributed by atoms with Gasteiger partial charge in [-0.25, -0.2) is 4.79 Å². The molecule has 2 amide bonds. The summed E-state index contributed by atoms with van der Waals surface area (Å²) >= 11 is 0. The number of carbonyl (C=O) groups is 2. The molecule has 182 valence electrons. The molecule has 9 heteroatoms. The molecule has 0 radical (unpaired) electrons. The first kappa shape index (κ1) is 25.5. The normalized spacial score (nSPS) is 20.6. The SMILES string of the molecule is CC(C)(C)OC(=O)NCC1CCN(C(=O)Cc2ccc(B3OC(C)(C)C(C)(C)O3)cn2)CC1. The third-order valence-corrected chi connectivity index (χ3v) is 6.61. The summed E-state index contributed by atoms with van der Waals surface area (Å²) < 4.78 is 17.4. The van der Waals surface area contributed by atoms with E-state index in [2.05, 4.69) is 10.3 Å². The number of hydrogen-bond acceptors (Lipinski definition) is 6. The van der Waals surface area contributed by atoms with E-state index in [9.17, 15) is 9.59 Å². The molecule has 3 rings (SSSR count). The van der Waals surface area contributed by atoms with E-state index in [0.29, 0.717) is 25.6 Å². The van der Waals surface area contributed by atoms with Gasteiger partial charge in [-0.15, -0.1) is 0 Å². The van der Waals surface area contributed by atoms with Crippen LogP contribution in [0.5, 0.6) is 0 Å². The summed E-state index contributed by atoms with van der Waals surface area (Å²) in [5, 5.41) is 2.84. The first-order valence-corrected chi connectivity index (χ1v) is 11.8. The molecule has 8 nitrogen and oxygen atoms in total. The Morgan fingerprint density at radius 2 is 1.76 bits per heavy atom. The molecule has 0 saturated carbocycles. The van der Waals surface area contributed by atoms with Crippen LogP contribution >= 0.6 is 0 Å². The minimum absolute atomic E-state index is 0.0736. The van der Waals surface area contributed by atoms with Crippen molar-refractivity contribution in [1.29, 1.82) is 0 Å². The fourth-order valence-corrected chi connectivity index (χ4v) is 3.85. The van der Waals surface area contributed by atoms with E-state index in [0.717, 1.165) is 24.0 Å². The van der Waals surface area contributed by atoms with Gasteiger partial charge in [0.15, 0.2) is 0 Å². The van der Waals surface area contributed by atoms with Crippen LogP contribution in [0.1, 0.15) is 67.0 Å². The van der Waals surface area contributed by atoms with Crippen molar-refractivity contribution in [1.82, 2.24) is 15.2 Å². The fraction of sp³-hybridized carbons (Fsp3) is 0.708. The molecule has 0 bridgehead atoms. The summed E-state index contributed by atoms with van der Waals surface area (Å²) in [5.41, 5.74) is 0.273. The van der Waals surface area contributed by atoms with Crippen molar-refractivity contribution in [2.24, 2.45) is 5.92 Å². The molecule has 1 aromatic heterocycles. The van der Waals surface area contributed by atoms with Crippen LogP contribution in [-0.2, 0) is 25.3 Å². The molecule has 2 aliphatic heterocycles. The number of likely N-dealkylation sites (tertiary alicyclic amines) is 1. The van der Waals surface area contributed by atoms with Crippen molar-refractivity contribution < 1.29 is 23.6 Å². The van der Waals surface area contributed by atoms with Crippen LogP contribution in [0.25, 0.3) is 0 Å². The number of hydrogen-bond donors (Lipinski definition) is 1. The molecule has 0 atom stereocenters. The minimum atomic E-state index is -0.504. The predicted octanol–water partition coefficient (Wildman–Crippen LogP) is 2.69. The van der Waals surface area contributed by atoms with Crippen LogP contribution in [-0.4, -0.2) is 65.4 Å². The molecule has 2 aliphatic rings. The van der Waals surface area contributed by atoms with E-state index >= 15 is 0 Å². The third kappa shape index (κ3) is 6.70. The number of ether oxygens (including phenoxy) is 1. The lowest BCUT2D eigenvalue weighted by Gasteiger charge is -2.32. The average molecular weight is 459 g/mol. The number of pyridine rings is 1. The molecular formula is C24H38BN3O5. The fourth-order valence-electron chi connectivity index (χ4n) is 3.85. The molecule has 0 aliphatic carbocycles. The van der Waals surface area contributed by atoms with Gasteiger partial charge in [0, 0.05) is 37.0 Å². The lowest BCUT2D eigenvalue weighted by atomic mass is 9.80. The Kier molecular flexibility index (Phi) is 7.44. The molecule has 2 fully saturated rings. The second-order valence-electron chi connectivity index (χ2n) is 11.1. The highest BCUT2D eigenvalue weighted by molar-refractivity contribution is 6.62. The van der Waals surface area contributed by atoms with Gasteiger partial charge in [-0.3, -0.25) is 9.78 Å². The maximum absolute atomic E-state index is 12.8. The van der Waals surface area contributed by atoms with Gasteiger partial charge in [-0.05, 0) is 73.3 Å². The standard InChI is InChI=1S/C24H38BN3O5/c1-22(2,3)31-21(30)27-15-17-10-12-28(13-11-17)20(29)14-19-9-8-18(16-26-19)25-32-23(4,5)24(6,7)33-25/h8-9,16-17H,10-15H2,1-7H3,(H,27,30). The van der Waals surface area contributed by atoms with Gasteiger partial charge in [0.25, 0.3) is 0 Å². The number of amides is 2. The molecule has 0 unspecified atom stereocenters. The highest BCUT2D eigenvalue weighted by Gasteiger charge is 2.51. The van der Waals surface area contributed by atoms with Crippen molar-refractivity contribution in [3.05, 3.63) is 24.0 Å². The largest absolute Gasteiger partial charge is 0.496 e. The molecule has 0 spiro atoms. The lowest BCUT2D eigenvalue weighted by molar-refractivity contribution is -0.131. The molecule has 0 aromatic carbocycles. The van der Waals surface area contributed by atoms with Crippen molar-refractivity contribution >= 4 is 24.6 Å². The molecule has 1 aromatic rings. The van der Waals surface area contributed by atoms with E-state index in [4.69, 9.17) is 14.0 Å². The Morgan fingerprint density at radius 1 is 1.15 bits per heavy atom. The van der Waals surface area contributed by atoms with Crippen LogP contribution in [0, 0.1) is 5.92 Å². The van der Waals surface area contributed by atoms with Crippen molar-refractivity contribution in [2.45, 2.75) is 84.5 Å². The van der Waals surface area contributed by atoms with Gasteiger partial charge in [-0.1, -0.05) is 6.07 Å². The van der Waals surface area contributed by atoms with E-state index in [1.165, 1.54) is 0 Å². The summed E-state index contributed by atoms with van der Waals surface area (Å²) in [6.45, 7) is 15.5. The van der Waals surface area contributed by atoms with Crippen LogP contribution in [0.15, 0.2) is 18.3 Å². The maximum Gasteiger partial charge on any atom is 0.496 e. The number of nitrogens with zero attached hydrogens (tertiary/aromatic N) is 2. The molecular weight excluding hydrogens is 421 g/mol. The second-order valence-corrected chi connectivity index (χ2v) is 11.1. The molecule has 33 heavy (non-hydrogen) atoms. The summed E-state index contributed by atoms with van der Waals surface area (Å²) in [5.74, 6) is 0.420. The zero-order chi connectivity index (χ0) is 24.4. The highest BCUT2D eigenvalue weighted by atomic mass is 16.7. The van der Waals surface area contributed by atoms with E-state index < -0.39 is 30.0 Å².